The maximum atomic E-state index is 5.85. The van der Waals surface area contributed by atoms with Gasteiger partial charge in [-0.3, -0.25) is 0 Å². The van der Waals surface area contributed by atoms with Gasteiger partial charge in [-0.2, -0.15) is 0 Å². The lowest BCUT2D eigenvalue weighted by atomic mass is 10.2. The molecule has 0 spiro atoms. The Hall–Kier alpha value is -1.03. The van der Waals surface area contributed by atoms with Crippen molar-refractivity contribution in [2.24, 2.45) is 0 Å². The predicted octanol–water partition coefficient (Wildman–Crippen LogP) is 1.77. The number of rotatable bonds is 8. The van der Waals surface area contributed by atoms with E-state index in [1.165, 1.54) is 26.4 Å². The summed E-state index contributed by atoms with van der Waals surface area (Å²) in [6.45, 7) is 3.07. The van der Waals surface area contributed by atoms with E-state index in [1.807, 2.05) is 0 Å². The van der Waals surface area contributed by atoms with Crippen LogP contribution in [-0.4, -0.2) is 6.61 Å². The Morgan fingerprint density at radius 1 is 0.850 bits per heavy atom. The van der Waals surface area contributed by atoms with Gasteiger partial charge in [-0.15, -0.1) is 0 Å². The number of halogens is 1. The SMILES string of the molecule is CCCCCCOc1cccc([I+]c2ccccc2)c1. The molecule has 2 heteroatoms. The molecule has 0 radical (unpaired) electrons. The zero-order valence-electron chi connectivity index (χ0n) is 12.0. The van der Waals surface area contributed by atoms with E-state index in [9.17, 15) is 0 Å². The summed E-state index contributed by atoms with van der Waals surface area (Å²) in [6, 6.07) is 19.3. The molecule has 106 valence electrons. The summed E-state index contributed by atoms with van der Waals surface area (Å²) in [4.78, 5) is 0. The van der Waals surface area contributed by atoms with Gasteiger partial charge in [0.05, 0.1) is 6.61 Å². The second kappa shape index (κ2) is 9.01. The fourth-order valence-electron chi connectivity index (χ4n) is 1.94. The smallest absolute Gasteiger partial charge is 0.358 e. The first-order chi connectivity index (χ1) is 9.88. The summed E-state index contributed by atoms with van der Waals surface area (Å²) >= 11 is -0.0938. The van der Waals surface area contributed by atoms with Gasteiger partial charge in [-0.1, -0.05) is 50.5 Å². The van der Waals surface area contributed by atoms with Crippen molar-refractivity contribution in [3.8, 4) is 5.75 Å². The van der Waals surface area contributed by atoms with Crippen LogP contribution in [0.2, 0.25) is 0 Å². The van der Waals surface area contributed by atoms with Crippen molar-refractivity contribution in [1.82, 2.24) is 0 Å². The first kappa shape index (κ1) is 15.4. The molecule has 0 bridgehead atoms. The van der Waals surface area contributed by atoms with E-state index in [0.29, 0.717) is 0 Å². The minimum Gasteiger partial charge on any atom is -0.493 e. The summed E-state index contributed by atoms with van der Waals surface area (Å²) in [7, 11) is 0. The van der Waals surface area contributed by atoms with E-state index in [-0.39, 0.29) is 21.2 Å². The standard InChI is InChI=1S/C18H22IO/c1-2-3-4-8-14-20-18-13-9-12-17(15-18)19-16-10-6-5-7-11-16/h5-7,9-13,15H,2-4,8,14H2,1H3/q+1. The first-order valence-corrected chi connectivity index (χ1v) is 9.47. The lowest BCUT2D eigenvalue weighted by Gasteiger charge is -2.04. The molecule has 0 aliphatic rings. The highest BCUT2D eigenvalue weighted by Gasteiger charge is 2.15. The third-order valence-electron chi connectivity index (χ3n) is 3.01. The Balaban J connectivity index is 1.84. The van der Waals surface area contributed by atoms with Crippen LogP contribution >= 0.6 is 0 Å². The van der Waals surface area contributed by atoms with Crippen LogP contribution in [0.3, 0.4) is 0 Å². The average molecular weight is 381 g/mol. The second-order valence-electron chi connectivity index (χ2n) is 4.76. The van der Waals surface area contributed by atoms with E-state index >= 15 is 0 Å². The average Bonchev–Trinajstić information content (AvgIpc) is 2.48. The van der Waals surface area contributed by atoms with Crippen LogP contribution in [0.5, 0.6) is 5.75 Å². The fraction of sp³-hybridized carbons (Fsp3) is 0.333. The summed E-state index contributed by atoms with van der Waals surface area (Å²) in [5.41, 5.74) is 0. The second-order valence-corrected chi connectivity index (χ2v) is 7.79. The number of benzene rings is 2. The zero-order valence-corrected chi connectivity index (χ0v) is 14.2. The Kier molecular flexibility index (Phi) is 6.92. The zero-order chi connectivity index (χ0) is 14.0. The topological polar surface area (TPSA) is 9.23 Å². The third-order valence-corrected chi connectivity index (χ3v) is 5.65. The van der Waals surface area contributed by atoms with Gasteiger partial charge < -0.3 is 4.74 Å². The number of hydrogen-bond donors (Lipinski definition) is 0. The van der Waals surface area contributed by atoms with E-state index in [4.69, 9.17) is 4.74 Å². The van der Waals surface area contributed by atoms with Gasteiger partial charge in [-0.05, 0) is 30.7 Å². The van der Waals surface area contributed by atoms with Crippen LogP contribution in [0.25, 0.3) is 0 Å². The van der Waals surface area contributed by atoms with E-state index in [0.717, 1.165) is 18.8 Å². The summed E-state index contributed by atoms with van der Waals surface area (Å²) < 4.78 is 8.72. The van der Waals surface area contributed by atoms with Crippen molar-refractivity contribution in [1.29, 1.82) is 0 Å². The molecule has 0 aliphatic carbocycles. The molecule has 0 amide bonds. The Bertz CT molecular complexity index is 496. The molecule has 2 rings (SSSR count). The van der Waals surface area contributed by atoms with Crippen molar-refractivity contribution in [3.05, 3.63) is 61.7 Å². The van der Waals surface area contributed by atoms with Crippen molar-refractivity contribution in [3.63, 3.8) is 0 Å². The maximum Gasteiger partial charge on any atom is 0.358 e. The van der Waals surface area contributed by atoms with Gasteiger partial charge >= 0.3 is 21.2 Å². The molecule has 0 heterocycles. The molecule has 0 aliphatic heterocycles. The number of unbranched alkanes of at least 4 members (excludes halogenated alkanes) is 3. The molecule has 1 nitrogen and oxygen atoms in total. The highest BCUT2D eigenvalue weighted by molar-refractivity contribution is 5.20. The van der Waals surface area contributed by atoms with Crippen molar-refractivity contribution < 1.29 is 25.9 Å². The third kappa shape index (κ3) is 5.53. The van der Waals surface area contributed by atoms with E-state index in [1.54, 1.807) is 0 Å². The first-order valence-electron chi connectivity index (χ1n) is 7.31. The monoisotopic (exact) mass is 381 g/mol. The van der Waals surface area contributed by atoms with Gasteiger partial charge in [0.15, 0.2) is 7.14 Å². The number of ether oxygens (including phenoxy) is 1. The van der Waals surface area contributed by atoms with Crippen LogP contribution < -0.4 is 25.9 Å². The molecule has 0 N–H and O–H groups in total. The highest BCUT2D eigenvalue weighted by Crippen LogP contribution is 2.09. The van der Waals surface area contributed by atoms with Gasteiger partial charge in [-0.25, -0.2) is 0 Å². The normalized spacial score (nSPS) is 10.4. The molecule has 0 fully saturated rings. The van der Waals surface area contributed by atoms with Gasteiger partial charge in [0.25, 0.3) is 0 Å². The quantitative estimate of drug-likeness (QED) is 0.501. The van der Waals surface area contributed by atoms with Crippen LogP contribution in [0, 0.1) is 7.14 Å². The van der Waals surface area contributed by atoms with Crippen molar-refractivity contribution >= 4 is 0 Å². The van der Waals surface area contributed by atoms with E-state index in [2.05, 4.69) is 61.5 Å². The fourth-order valence-corrected chi connectivity index (χ4v) is 4.28. The highest BCUT2D eigenvalue weighted by atomic mass is 127. The predicted molar refractivity (Wildman–Crippen MR) is 79.9 cm³/mol. The molecule has 0 saturated carbocycles. The molecule has 0 aromatic heterocycles. The van der Waals surface area contributed by atoms with Gasteiger partial charge in [0.1, 0.15) is 5.75 Å². The van der Waals surface area contributed by atoms with E-state index < -0.39 is 0 Å². The summed E-state index contributed by atoms with van der Waals surface area (Å²) in [5.74, 6) is 1.02. The Morgan fingerprint density at radius 3 is 2.45 bits per heavy atom. The molecule has 0 saturated heterocycles. The molecular formula is C18H22IO+. The minimum absolute atomic E-state index is 0.0938. The molecular weight excluding hydrogens is 359 g/mol. The van der Waals surface area contributed by atoms with Crippen LogP contribution in [0.1, 0.15) is 32.6 Å². The summed E-state index contributed by atoms with van der Waals surface area (Å²) in [5, 5.41) is 0. The Labute approximate surface area is 132 Å². The number of hydrogen-bond acceptors (Lipinski definition) is 1. The molecule has 2 aromatic carbocycles. The van der Waals surface area contributed by atoms with Gasteiger partial charge in [0.2, 0.25) is 0 Å². The Morgan fingerprint density at radius 2 is 1.65 bits per heavy atom. The van der Waals surface area contributed by atoms with Crippen LogP contribution in [0.4, 0.5) is 0 Å². The molecule has 0 atom stereocenters. The van der Waals surface area contributed by atoms with Crippen molar-refractivity contribution in [2.45, 2.75) is 32.6 Å². The minimum atomic E-state index is -0.0938. The summed E-state index contributed by atoms with van der Waals surface area (Å²) in [6.07, 6.45) is 5.01. The van der Waals surface area contributed by atoms with Crippen LogP contribution in [-0.2, 0) is 0 Å². The van der Waals surface area contributed by atoms with Gasteiger partial charge in [0, 0.05) is 6.07 Å². The molecule has 0 unspecified atom stereocenters. The lowest BCUT2D eigenvalue weighted by Crippen LogP contribution is -3.61. The lowest BCUT2D eigenvalue weighted by molar-refractivity contribution is -0.597. The molecule has 2 aromatic rings. The largest absolute Gasteiger partial charge is 0.493 e. The molecule has 20 heavy (non-hydrogen) atoms. The maximum absolute atomic E-state index is 5.85. The van der Waals surface area contributed by atoms with Crippen LogP contribution in [0.15, 0.2) is 54.6 Å². The van der Waals surface area contributed by atoms with Crippen molar-refractivity contribution in [2.75, 3.05) is 6.61 Å².